The summed E-state index contributed by atoms with van der Waals surface area (Å²) in [6, 6.07) is 2.41. The van der Waals surface area contributed by atoms with Crippen molar-refractivity contribution in [1.82, 2.24) is 4.98 Å². The molecule has 1 atom stereocenters. The zero-order valence-electron chi connectivity index (χ0n) is 10.7. The SMILES string of the molecule is NCCCC1CCCN1c1cc(C(F)(F)F)ccn1. The Balaban J connectivity index is 2.16. The number of hydrogen-bond donors (Lipinski definition) is 1. The number of anilines is 1. The molecule has 0 saturated carbocycles. The summed E-state index contributed by atoms with van der Waals surface area (Å²) in [5, 5.41) is 0. The van der Waals surface area contributed by atoms with Gasteiger partial charge in [0.1, 0.15) is 5.82 Å². The van der Waals surface area contributed by atoms with Crippen LogP contribution >= 0.6 is 0 Å². The van der Waals surface area contributed by atoms with Crippen molar-refractivity contribution in [1.29, 1.82) is 0 Å². The molecule has 1 aliphatic heterocycles. The summed E-state index contributed by atoms with van der Waals surface area (Å²) in [7, 11) is 0. The van der Waals surface area contributed by atoms with Gasteiger partial charge >= 0.3 is 6.18 Å². The first-order valence-electron chi connectivity index (χ1n) is 6.52. The summed E-state index contributed by atoms with van der Waals surface area (Å²) < 4.78 is 38.1. The van der Waals surface area contributed by atoms with Crippen LogP contribution in [0.3, 0.4) is 0 Å². The van der Waals surface area contributed by atoms with E-state index in [0.717, 1.165) is 44.4 Å². The van der Waals surface area contributed by atoms with E-state index in [0.29, 0.717) is 12.4 Å². The van der Waals surface area contributed by atoms with E-state index in [1.807, 2.05) is 4.90 Å². The first-order chi connectivity index (χ1) is 9.02. The summed E-state index contributed by atoms with van der Waals surface area (Å²) >= 11 is 0. The molecule has 1 aliphatic rings. The molecular formula is C13H18F3N3. The maximum absolute atomic E-state index is 12.7. The van der Waals surface area contributed by atoms with Gasteiger partial charge in [-0.05, 0) is 44.4 Å². The predicted octanol–water partition coefficient (Wildman–Crippen LogP) is 2.81. The number of nitrogens with two attached hydrogens (primary N) is 1. The Kier molecular flexibility index (Phi) is 4.29. The predicted molar refractivity (Wildman–Crippen MR) is 67.9 cm³/mol. The molecule has 0 aliphatic carbocycles. The molecule has 2 rings (SSSR count). The fraction of sp³-hybridized carbons (Fsp3) is 0.615. The molecule has 2 heterocycles. The van der Waals surface area contributed by atoms with Gasteiger partial charge in [-0.2, -0.15) is 13.2 Å². The molecule has 0 aromatic carbocycles. The summed E-state index contributed by atoms with van der Waals surface area (Å²) in [4.78, 5) is 6.06. The van der Waals surface area contributed by atoms with Gasteiger partial charge in [0.2, 0.25) is 0 Å². The molecule has 2 N–H and O–H groups in total. The van der Waals surface area contributed by atoms with Crippen LogP contribution in [0.5, 0.6) is 0 Å². The lowest BCUT2D eigenvalue weighted by molar-refractivity contribution is -0.137. The lowest BCUT2D eigenvalue weighted by Gasteiger charge is -2.26. The van der Waals surface area contributed by atoms with Crippen LogP contribution in [0.4, 0.5) is 19.0 Å². The minimum Gasteiger partial charge on any atom is -0.354 e. The van der Waals surface area contributed by atoms with Crippen LogP contribution in [0, 0.1) is 0 Å². The first-order valence-corrected chi connectivity index (χ1v) is 6.52. The van der Waals surface area contributed by atoms with E-state index in [-0.39, 0.29) is 6.04 Å². The quantitative estimate of drug-likeness (QED) is 0.917. The van der Waals surface area contributed by atoms with Crippen LogP contribution in [0.1, 0.15) is 31.2 Å². The van der Waals surface area contributed by atoms with Gasteiger partial charge in [-0.15, -0.1) is 0 Å². The van der Waals surface area contributed by atoms with Crippen molar-refractivity contribution in [3.63, 3.8) is 0 Å². The largest absolute Gasteiger partial charge is 0.416 e. The van der Waals surface area contributed by atoms with Gasteiger partial charge in [-0.3, -0.25) is 0 Å². The van der Waals surface area contributed by atoms with Gasteiger partial charge in [0, 0.05) is 18.8 Å². The Labute approximate surface area is 110 Å². The Morgan fingerprint density at radius 3 is 2.89 bits per heavy atom. The molecule has 1 fully saturated rings. The number of alkyl halides is 3. The van der Waals surface area contributed by atoms with Crippen LogP contribution < -0.4 is 10.6 Å². The van der Waals surface area contributed by atoms with E-state index in [2.05, 4.69) is 4.98 Å². The van der Waals surface area contributed by atoms with Crippen LogP contribution in [-0.4, -0.2) is 24.1 Å². The van der Waals surface area contributed by atoms with Gasteiger partial charge in [0.25, 0.3) is 0 Å². The van der Waals surface area contributed by atoms with Crippen LogP contribution in [-0.2, 0) is 6.18 Å². The monoisotopic (exact) mass is 273 g/mol. The van der Waals surface area contributed by atoms with Gasteiger partial charge in [-0.1, -0.05) is 0 Å². The minimum atomic E-state index is -4.32. The van der Waals surface area contributed by atoms with Crippen LogP contribution in [0.2, 0.25) is 0 Å². The van der Waals surface area contributed by atoms with Crippen molar-refractivity contribution < 1.29 is 13.2 Å². The lowest BCUT2D eigenvalue weighted by Crippen LogP contribution is -2.30. The molecule has 106 valence electrons. The van der Waals surface area contributed by atoms with Crippen molar-refractivity contribution in [2.45, 2.75) is 37.9 Å². The molecule has 19 heavy (non-hydrogen) atoms. The van der Waals surface area contributed by atoms with Gasteiger partial charge in [-0.25, -0.2) is 4.98 Å². The minimum absolute atomic E-state index is 0.263. The zero-order valence-corrected chi connectivity index (χ0v) is 10.7. The number of nitrogens with zero attached hydrogens (tertiary/aromatic N) is 2. The standard InChI is InChI=1S/C13H18F3N3/c14-13(15,16)10-5-7-18-12(9-10)19-8-2-4-11(19)3-1-6-17/h5,7,9,11H,1-4,6,8,17H2. The third-order valence-electron chi connectivity index (χ3n) is 3.49. The lowest BCUT2D eigenvalue weighted by atomic mass is 10.1. The highest BCUT2D eigenvalue weighted by Gasteiger charge is 2.32. The highest BCUT2D eigenvalue weighted by atomic mass is 19.4. The fourth-order valence-corrected chi connectivity index (χ4v) is 2.54. The van der Waals surface area contributed by atoms with Gasteiger partial charge in [0.15, 0.2) is 0 Å². The number of hydrogen-bond acceptors (Lipinski definition) is 3. The van der Waals surface area contributed by atoms with E-state index in [1.54, 1.807) is 0 Å². The molecule has 1 unspecified atom stereocenters. The highest BCUT2D eigenvalue weighted by Crippen LogP contribution is 2.33. The molecule has 0 radical (unpaired) electrons. The van der Waals surface area contributed by atoms with Crippen molar-refractivity contribution in [3.8, 4) is 0 Å². The number of pyridine rings is 1. The summed E-state index contributed by atoms with van der Waals surface area (Å²) in [6.07, 6.45) is 0.709. The molecule has 0 bridgehead atoms. The molecule has 1 aromatic heterocycles. The zero-order chi connectivity index (χ0) is 13.9. The molecule has 6 heteroatoms. The number of aromatic nitrogens is 1. The summed E-state index contributed by atoms with van der Waals surface area (Å²) in [5.74, 6) is 0.425. The first kappa shape index (κ1) is 14.1. The molecule has 1 aromatic rings. The summed E-state index contributed by atoms with van der Waals surface area (Å²) in [6.45, 7) is 1.38. The maximum Gasteiger partial charge on any atom is 0.416 e. The molecule has 0 amide bonds. The number of halogens is 3. The van der Waals surface area contributed by atoms with Crippen molar-refractivity contribution in [2.24, 2.45) is 5.73 Å². The van der Waals surface area contributed by atoms with Crippen molar-refractivity contribution in [2.75, 3.05) is 18.0 Å². The normalized spacial score (nSPS) is 20.0. The Morgan fingerprint density at radius 2 is 2.21 bits per heavy atom. The highest BCUT2D eigenvalue weighted by molar-refractivity contribution is 5.44. The van der Waals surface area contributed by atoms with Crippen LogP contribution in [0.25, 0.3) is 0 Å². The topological polar surface area (TPSA) is 42.1 Å². The second-order valence-corrected chi connectivity index (χ2v) is 4.82. The van der Waals surface area contributed by atoms with E-state index in [9.17, 15) is 13.2 Å². The van der Waals surface area contributed by atoms with Crippen molar-refractivity contribution >= 4 is 5.82 Å². The maximum atomic E-state index is 12.7. The smallest absolute Gasteiger partial charge is 0.354 e. The van der Waals surface area contributed by atoms with E-state index < -0.39 is 11.7 Å². The van der Waals surface area contributed by atoms with Gasteiger partial charge in [0.05, 0.1) is 5.56 Å². The second-order valence-electron chi connectivity index (χ2n) is 4.82. The fourth-order valence-electron chi connectivity index (χ4n) is 2.54. The third kappa shape index (κ3) is 3.37. The Morgan fingerprint density at radius 1 is 1.42 bits per heavy atom. The average molecular weight is 273 g/mol. The van der Waals surface area contributed by atoms with E-state index >= 15 is 0 Å². The molecule has 3 nitrogen and oxygen atoms in total. The summed E-state index contributed by atoms with van der Waals surface area (Å²) in [5.41, 5.74) is 4.85. The average Bonchev–Trinajstić information content (AvgIpc) is 2.83. The Hall–Kier alpha value is -1.30. The molecule has 0 spiro atoms. The van der Waals surface area contributed by atoms with Crippen molar-refractivity contribution in [3.05, 3.63) is 23.9 Å². The third-order valence-corrected chi connectivity index (χ3v) is 3.49. The molecule has 1 saturated heterocycles. The second kappa shape index (κ2) is 5.77. The van der Waals surface area contributed by atoms with E-state index in [1.165, 1.54) is 6.20 Å². The van der Waals surface area contributed by atoms with Crippen LogP contribution in [0.15, 0.2) is 18.3 Å². The number of rotatable bonds is 4. The Bertz CT molecular complexity index is 420. The van der Waals surface area contributed by atoms with E-state index in [4.69, 9.17) is 5.73 Å². The van der Waals surface area contributed by atoms with Gasteiger partial charge < -0.3 is 10.6 Å². The molecular weight excluding hydrogens is 255 g/mol.